The number of rotatable bonds is 5. The normalized spacial score (nSPS) is 17.6. The predicted octanol–water partition coefficient (Wildman–Crippen LogP) is 4.18. The van der Waals surface area contributed by atoms with Crippen molar-refractivity contribution in [2.24, 2.45) is 11.1 Å². The minimum Gasteiger partial charge on any atom is -0.377 e. The van der Waals surface area contributed by atoms with Gasteiger partial charge in [-0.1, -0.05) is 51.1 Å². The van der Waals surface area contributed by atoms with E-state index in [1.165, 1.54) is 0 Å². The lowest BCUT2D eigenvalue weighted by Crippen LogP contribution is -2.55. The predicted molar refractivity (Wildman–Crippen MR) is 124 cm³/mol. The Morgan fingerprint density at radius 1 is 1.21 bits per heavy atom. The molecule has 2 N–H and O–H groups in total. The number of nitrogens with zero attached hydrogens (tertiary/aromatic N) is 4. The van der Waals surface area contributed by atoms with Crippen LogP contribution in [0.3, 0.4) is 0 Å². The molecule has 0 saturated carbocycles. The minimum atomic E-state index is -0.614. The molecule has 1 unspecified atom stereocenters. The van der Waals surface area contributed by atoms with Gasteiger partial charge in [0.1, 0.15) is 17.5 Å². The standard InChI is InChI=1S/C25H29F2N5O2/c1-25(2,3)21(20-15-34-12-11-31(20)24(28)33)23-29-22(18-13-17(26)9-10-19(18)27)30-32(23)14-16-7-5-4-6-8-16/h4-10,13,20-21H,11-12,14-15H2,1-3H3,(H2,28,33)/t20?,21-/m1/s1. The van der Waals surface area contributed by atoms with E-state index >= 15 is 0 Å². The van der Waals surface area contributed by atoms with Crippen molar-refractivity contribution in [3.8, 4) is 11.4 Å². The largest absolute Gasteiger partial charge is 0.377 e. The lowest BCUT2D eigenvalue weighted by atomic mass is 9.75. The van der Waals surface area contributed by atoms with E-state index in [4.69, 9.17) is 15.5 Å². The van der Waals surface area contributed by atoms with Gasteiger partial charge < -0.3 is 15.4 Å². The molecule has 0 spiro atoms. The molecule has 3 aromatic rings. The molecule has 1 aliphatic rings. The highest BCUT2D eigenvalue weighted by molar-refractivity contribution is 5.72. The lowest BCUT2D eigenvalue weighted by molar-refractivity contribution is -0.0126. The van der Waals surface area contributed by atoms with Crippen molar-refractivity contribution in [2.75, 3.05) is 19.8 Å². The van der Waals surface area contributed by atoms with Crippen LogP contribution in [0.1, 0.15) is 38.1 Å². The number of amides is 2. The Balaban J connectivity index is 1.87. The molecule has 1 fully saturated rings. The van der Waals surface area contributed by atoms with Crippen molar-refractivity contribution in [1.29, 1.82) is 0 Å². The summed E-state index contributed by atoms with van der Waals surface area (Å²) in [5.74, 6) is -0.902. The average molecular weight is 470 g/mol. The van der Waals surface area contributed by atoms with Crippen LogP contribution >= 0.6 is 0 Å². The van der Waals surface area contributed by atoms with E-state index in [2.05, 4.69) is 5.10 Å². The molecule has 2 heterocycles. The number of benzene rings is 2. The van der Waals surface area contributed by atoms with Crippen LogP contribution in [0, 0.1) is 17.0 Å². The minimum absolute atomic E-state index is 0.0210. The molecule has 180 valence electrons. The Morgan fingerprint density at radius 2 is 1.94 bits per heavy atom. The molecule has 4 rings (SSSR count). The molecule has 34 heavy (non-hydrogen) atoms. The van der Waals surface area contributed by atoms with Crippen molar-refractivity contribution in [1.82, 2.24) is 19.7 Å². The van der Waals surface area contributed by atoms with E-state index < -0.39 is 29.1 Å². The molecule has 1 saturated heterocycles. The smallest absolute Gasteiger partial charge is 0.315 e. The van der Waals surface area contributed by atoms with E-state index in [1.54, 1.807) is 9.58 Å². The number of ether oxygens (including phenoxy) is 1. The lowest BCUT2D eigenvalue weighted by Gasteiger charge is -2.43. The number of hydrogen-bond donors (Lipinski definition) is 1. The molecular formula is C25H29F2N5O2. The number of aromatic nitrogens is 3. The first-order chi connectivity index (χ1) is 16.1. The van der Waals surface area contributed by atoms with Crippen LogP contribution in [-0.4, -0.2) is 51.5 Å². The molecule has 1 aromatic heterocycles. The summed E-state index contributed by atoms with van der Waals surface area (Å²) < 4.78 is 36.0. The zero-order valence-corrected chi connectivity index (χ0v) is 19.5. The Labute approximate surface area is 197 Å². The van der Waals surface area contributed by atoms with Crippen LogP contribution in [0.15, 0.2) is 48.5 Å². The van der Waals surface area contributed by atoms with Gasteiger partial charge in [0.25, 0.3) is 0 Å². The molecule has 2 amide bonds. The molecule has 0 bridgehead atoms. The summed E-state index contributed by atoms with van der Waals surface area (Å²) in [4.78, 5) is 18.6. The topological polar surface area (TPSA) is 86.3 Å². The van der Waals surface area contributed by atoms with Crippen LogP contribution in [-0.2, 0) is 11.3 Å². The third kappa shape index (κ3) is 4.94. The van der Waals surface area contributed by atoms with Crippen LogP contribution in [0.5, 0.6) is 0 Å². The second-order valence-electron chi connectivity index (χ2n) is 9.58. The summed E-state index contributed by atoms with van der Waals surface area (Å²) in [5, 5.41) is 4.60. The SMILES string of the molecule is CC(C)(C)[C@@H](c1nc(-c2cc(F)ccc2F)nn1Cc1ccccc1)C1COCCN1C(N)=O. The molecule has 9 heteroatoms. The van der Waals surface area contributed by atoms with Gasteiger partial charge in [0.2, 0.25) is 0 Å². The molecule has 2 aromatic carbocycles. The van der Waals surface area contributed by atoms with Gasteiger partial charge in [0.15, 0.2) is 5.82 Å². The summed E-state index contributed by atoms with van der Waals surface area (Å²) in [6, 6.07) is 12.0. The molecule has 2 atom stereocenters. The average Bonchev–Trinajstić information content (AvgIpc) is 3.18. The molecule has 1 aliphatic heterocycles. The van der Waals surface area contributed by atoms with E-state index in [9.17, 15) is 13.6 Å². The number of halogens is 2. The first-order valence-corrected chi connectivity index (χ1v) is 11.2. The number of carbonyl (C=O) groups excluding carboxylic acids is 1. The van der Waals surface area contributed by atoms with E-state index in [1.807, 2.05) is 51.1 Å². The van der Waals surface area contributed by atoms with Crippen LogP contribution in [0.2, 0.25) is 0 Å². The van der Waals surface area contributed by atoms with Gasteiger partial charge in [0.05, 0.1) is 31.4 Å². The van der Waals surface area contributed by atoms with Gasteiger partial charge in [0, 0.05) is 12.5 Å². The summed E-state index contributed by atoms with van der Waals surface area (Å²) >= 11 is 0. The second-order valence-corrected chi connectivity index (χ2v) is 9.58. The number of morpholine rings is 1. The van der Waals surface area contributed by atoms with Crippen LogP contribution in [0.4, 0.5) is 13.6 Å². The highest BCUT2D eigenvalue weighted by Crippen LogP contribution is 2.41. The Bertz CT molecular complexity index is 1160. The van der Waals surface area contributed by atoms with Crippen molar-refractivity contribution in [3.63, 3.8) is 0 Å². The summed E-state index contributed by atoms with van der Waals surface area (Å²) in [7, 11) is 0. The maximum atomic E-state index is 14.6. The van der Waals surface area contributed by atoms with Gasteiger partial charge >= 0.3 is 6.03 Å². The quantitative estimate of drug-likeness (QED) is 0.607. The van der Waals surface area contributed by atoms with Crippen molar-refractivity contribution in [2.45, 2.75) is 39.3 Å². The Kier molecular flexibility index (Phi) is 6.65. The van der Waals surface area contributed by atoms with E-state index in [0.717, 1.165) is 23.8 Å². The zero-order valence-electron chi connectivity index (χ0n) is 19.5. The number of hydrogen-bond acceptors (Lipinski definition) is 4. The van der Waals surface area contributed by atoms with E-state index in [0.29, 0.717) is 25.5 Å². The maximum Gasteiger partial charge on any atom is 0.315 e. The fourth-order valence-corrected chi connectivity index (χ4v) is 4.55. The molecular weight excluding hydrogens is 440 g/mol. The Hall–Kier alpha value is -3.33. The van der Waals surface area contributed by atoms with E-state index in [-0.39, 0.29) is 23.9 Å². The number of carbonyl (C=O) groups is 1. The summed E-state index contributed by atoms with van der Waals surface area (Å²) in [6.45, 7) is 7.53. The van der Waals surface area contributed by atoms with Crippen molar-refractivity contribution >= 4 is 6.03 Å². The Morgan fingerprint density at radius 3 is 2.62 bits per heavy atom. The highest BCUT2D eigenvalue weighted by Gasteiger charge is 2.43. The maximum absolute atomic E-state index is 14.6. The number of urea groups is 1. The zero-order chi connectivity index (χ0) is 24.5. The molecule has 7 nitrogen and oxygen atoms in total. The molecule has 0 radical (unpaired) electrons. The summed E-state index contributed by atoms with van der Waals surface area (Å²) in [5.41, 5.74) is 6.27. The second kappa shape index (κ2) is 9.50. The van der Waals surface area contributed by atoms with Gasteiger partial charge in [-0.05, 0) is 29.2 Å². The number of nitrogens with two attached hydrogens (primary N) is 1. The third-order valence-corrected chi connectivity index (χ3v) is 6.09. The van der Waals surface area contributed by atoms with Crippen LogP contribution in [0.25, 0.3) is 11.4 Å². The first kappa shape index (κ1) is 23.8. The van der Waals surface area contributed by atoms with Gasteiger partial charge in [-0.15, -0.1) is 0 Å². The van der Waals surface area contributed by atoms with Gasteiger partial charge in [-0.2, -0.15) is 5.10 Å². The highest BCUT2D eigenvalue weighted by atomic mass is 19.1. The number of primary amides is 1. The van der Waals surface area contributed by atoms with Crippen molar-refractivity contribution < 1.29 is 18.3 Å². The van der Waals surface area contributed by atoms with Crippen LogP contribution < -0.4 is 5.73 Å². The van der Waals surface area contributed by atoms with Crippen molar-refractivity contribution in [3.05, 3.63) is 71.6 Å². The fraction of sp³-hybridized carbons (Fsp3) is 0.400. The van der Waals surface area contributed by atoms with Gasteiger partial charge in [-0.25, -0.2) is 23.2 Å². The summed E-state index contributed by atoms with van der Waals surface area (Å²) in [6.07, 6.45) is 0. The molecule has 0 aliphatic carbocycles. The fourth-order valence-electron chi connectivity index (χ4n) is 4.55. The van der Waals surface area contributed by atoms with Gasteiger partial charge in [-0.3, -0.25) is 0 Å². The monoisotopic (exact) mass is 469 g/mol. The third-order valence-electron chi connectivity index (χ3n) is 6.09. The first-order valence-electron chi connectivity index (χ1n) is 11.2.